The molecule has 0 saturated heterocycles. The van der Waals surface area contributed by atoms with Crippen molar-refractivity contribution in [2.45, 2.75) is 56.3 Å². The summed E-state index contributed by atoms with van der Waals surface area (Å²) in [6.07, 6.45) is -9.88. The largest absolute Gasteiger partial charge is 0.468 e. The highest BCUT2D eigenvalue weighted by Gasteiger charge is 2.68. The molecule has 0 amide bonds. The highest BCUT2D eigenvalue weighted by molar-refractivity contribution is 7.87. The average molecular weight is 524 g/mol. The van der Waals surface area contributed by atoms with Gasteiger partial charge in [-0.2, -0.15) is 43.5 Å². The van der Waals surface area contributed by atoms with Crippen molar-refractivity contribution in [2.24, 2.45) is 5.92 Å². The van der Waals surface area contributed by atoms with Gasteiger partial charge in [-0.3, -0.25) is 4.55 Å². The van der Waals surface area contributed by atoms with Crippen LogP contribution in [0, 0.1) is 5.92 Å². The number of hydrogen-bond donors (Lipinski definition) is 1. The monoisotopic (exact) mass is 524 g/mol. The lowest BCUT2D eigenvalue weighted by molar-refractivity contribution is -0.355. The lowest BCUT2D eigenvalue weighted by Gasteiger charge is -2.32. The van der Waals surface area contributed by atoms with Crippen molar-refractivity contribution in [1.29, 1.82) is 0 Å². The molecule has 0 aliphatic rings. The molecule has 0 aliphatic heterocycles. The number of unbranched alkanes of at least 4 members (excludes halogenated alkanes) is 1. The topological polar surface area (TPSA) is 116 Å². The molecule has 17 heteroatoms. The summed E-state index contributed by atoms with van der Waals surface area (Å²) in [5.74, 6) is -17.2. The lowest BCUT2D eigenvalue weighted by atomic mass is 10.1. The second-order valence-corrected chi connectivity index (χ2v) is 8.37. The summed E-state index contributed by atoms with van der Waals surface area (Å²) in [5, 5.41) is -5.89. The fourth-order valence-corrected chi connectivity index (χ4v) is 2.39. The molecule has 0 aromatic rings. The molecule has 1 N–H and O–H groups in total. The first-order valence-corrected chi connectivity index (χ1v) is 10.2. The van der Waals surface area contributed by atoms with E-state index < -0.39 is 89.4 Å². The Labute approximate surface area is 182 Å². The van der Waals surface area contributed by atoms with Crippen molar-refractivity contribution >= 4 is 22.1 Å². The molecule has 0 radical (unpaired) electrons. The van der Waals surface area contributed by atoms with Crippen molar-refractivity contribution in [2.75, 3.05) is 13.2 Å². The van der Waals surface area contributed by atoms with E-state index in [0.29, 0.717) is 0 Å². The van der Waals surface area contributed by atoms with Crippen LogP contribution in [0.1, 0.15) is 33.1 Å². The van der Waals surface area contributed by atoms with Gasteiger partial charge in [0.2, 0.25) is 5.83 Å². The molecule has 1 atom stereocenters. The van der Waals surface area contributed by atoms with Crippen LogP contribution in [0.3, 0.4) is 0 Å². The maximum atomic E-state index is 13.6. The van der Waals surface area contributed by atoms with Gasteiger partial charge in [0.15, 0.2) is 0 Å². The Morgan fingerprint density at radius 1 is 1.03 bits per heavy atom. The second-order valence-electron chi connectivity index (χ2n) is 6.90. The molecule has 194 valence electrons. The Balaban J connectivity index is 5.56. The van der Waals surface area contributed by atoms with Gasteiger partial charge in [0.1, 0.15) is 0 Å². The third-order valence-corrected chi connectivity index (χ3v) is 4.53. The summed E-state index contributed by atoms with van der Waals surface area (Å²) in [6.45, 7) is 3.25. The molecular formula is C16H20F8O8S. The summed E-state index contributed by atoms with van der Waals surface area (Å²) >= 11 is 0. The number of ether oxygens (including phenoxy) is 3. The summed E-state index contributed by atoms with van der Waals surface area (Å²) in [7, 11) is -6.52. The molecule has 0 fully saturated rings. The van der Waals surface area contributed by atoms with Crippen molar-refractivity contribution in [3.05, 3.63) is 12.4 Å². The predicted octanol–water partition coefficient (Wildman–Crippen LogP) is 3.77. The third-order valence-electron chi connectivity index (χ3n) is 3.59. The normalized spacial score (nSPS) is 15.2. The number of halogens is 8. The van der Waals surface area contributed by atoms with Gasteiger partial charge in [-0.15, -0.1) is 0 Å². The SMILES string of the molecule is C=C(F)C(=O)OC(OCCCCC(F)(F)C(F)(F)S(=O)(=O)O)(C(=O)OCC(C)C)C(F)(F)F. The van der Waals surface area contributed by atoms with E-state index in [2.05, 4.69) is 20.8 Å². The minimum absolute atomic E-state index is 0.515. The Bertz CT molecular complexity index is 825. The highest BCUT2D eigenvalue weighted by atomic mass is 32.2. The minimum Gasteiger partial charge on any atom is -0.460 e. The van der Waals surface area contributed by atoms with Crippen LogP contribution >= 0.6 is 0 Å². The van der Waals surface area contributed by atoms with Crippen LogP contribution in [0.15, 0.2) is 12.4 Å². The molecule has 1 unspecified atom stereocenters. The van der Waals surface area contributed by atoms with E-state index in [-0.39, 0.29) is 0 Å². The highest BCUT2D eigenvalue weighted by Crippen LogP contribution is 2.42. The van der Waals surface area contributed by atoms with Crippen LogP contribution in [-0.2, 0) is 33.9 Å². The lowest BCUT2D eigenvalue weighted by Crippen LogP contribution is -2.58. The van der Waals surface area contributed by atoms with Crippen LogP contribution in [0.25, 0.3) is 0 Å². The fourth-order valence-electron chi connectivity index (χ4n) is 1.91. The van der Waals surface area contributed by atoms with Gasteiger partial charge >= 0.3 is 45.2 Å². The number of esters is 2. The Morgan fingerprint density at radius 3 is 1.94 bits per heavy atom. The standard InChI is InChI=1S/C16H20F8O8S/c1-9(2)8-30-12(26)14(15(20,21)22,32-11(25)10(3)17)31-7-5-4-6-13(18,19)16(23,24)33(27,28)29/h9H,3-8H2,1-2H3,(H,27,28,29). The zero-order chi connectivity index (χ0) is 26.5. The van der Waals surface area contributed by atoms with E-state index in [1.54, 1.807) is 0 Å². The van der Waals surface area contributed by atoms with Gasteiger partial charge < -0.3 is 14.2 Å². The first-order chi connectivity index (χ1) is 14.6. The molecule has 8 nitrogen and oxygen atoms in total. The van der Waals surface area contributed by atoms with Gasteiger partial charge in [-0.1, -0.05) is 20.4 Å². The van der Waals surface area contributed by atoms with E-state index in [9.17, 15) is 53.1 Å². The van der Waals surface area contributed by atoms with E-state index >= 15 is 0 Å². The molecule has 0 aromatic carbocycles. The number of rotatable bonds is 13. The summed E-state index contributed by atoms with van der Waals surface area (Å²) in [5.41, 5.74) is 0. The summed E-state index contributed by atoms with van der Waals surface area (Å²) in [6, 6.07) is 0. The number of hydrogen-bond acceptors (Lipinski definition) is 7. The van der Waals surface area contributed by atoms with Gasteiger partial charge in [0.25, 0.3) is 0 Å². The summed E-state index contributed by atoms with van der Waals surface area (Å²) in [4.78, 5) is 23.4. The molecule has 0 rings (SSSR count). The van der Waals surface area contributed by atoms with Crippen molar-refractivity contribution < 1.29 is 71.9 Å². The molecule has 0 aliphatic carbocycles. The molecule has 0 heterocycles. The molecule has 0 saturated carbocycles. The number of carbonyl (C=O) groups is 2. The molecule has 33 heavy (non-hydrogen) atoms. The van der Waals surface area contributed by atoms with Crippen LogP contribution in [-0.4, -0.2) is 61.3 Å². The molecule has 0 spiro atoms. The number of alkyl halides is 7. The van der Waals surface area contributed by atoms with Crippen molar-refractivity contribution in [1.82, 2.24) is 0 Å². The minimum atomic E-state index is -6.52. The maximum absolute atomic E-state index is 13.6. The van der Waals surface area contributed by atoms with Crippen LogP contribution in [0.2, 0.25) is 0 Å². The molecule has 0 bridgehead atoms. The molecule has 0 aromatic heterocycles. The predicted molar refractivity (Wildman–Crippen MR) is 92.2 cm³/mol. The zero-order valence-electron chi connectivity index (χ0n) is 17.1. The van der Waals surface area contributed by atoms with E-state index in [1.807, 2.05) is 0 Å². The van der Waals surface area contributed by atoms with Gasteiger partial charge in [-0.05, 0) is 18.8 Å². The van der Waals surface area contributed by atoms with E-state index in [1.165, 1.54) is 13.8 Å². The fraction of sp³-hybridized carbons (Fsp3) is 0.750. The van der Waals surface area contributed by atoms with E-state index in [0.717, 1.165) is 0 Å². The van der Waals surface area contributed by atoms with Crippen LogP contribution in [0.4, 0.5) is 35.1 Å². The van der Waals surface area contributed by atoms with Gasteiger partial charge in [0, 0.05) is 6.42 Å². The Kier molecular flexibility index (Phi) is 10.3. The second kappa shape index (κ2) is 10.9. The van der Waals surface area contributed by atoms with Crippen molar-refractivity contribution in [3.63, 3.8) is 0 Å². The van der Waals surface area contributed by atoms with Crippen LogP contribution < -0.4 is 0 Å². The maximum Gasteiger partial charge on any atom is 0.468 e. The zero-order valence-corrected chi connectivity index (χ0v) is 17.9. The first kappa shape index (κ1) is 31.0. The smallest absolute Gasteiger partial charge is 0.460 e. The van der Waals surface area contributed by atoms with Gasteiger partial charge in [0.05, 0.1) is 13.2 Å². The Hall–Kier alpha value is -2.01. The quantitative estimate of drug-likeness (QED) is 0.0967. The van der Waals surface area contributed by atoms with Gasteiger partial charge in [-0.25, -0.2) is 9.59 Å². The first-order valence-electron chi connectivity index (χ1n) is 8.80. The average Bonchev–Trinajstić information content (AvgIpc) is 2.62. The number of carbonyl (C=O) groups excluding carboxylic acids is 2. The third kappa shape index (κ3) is 7.77. The van der Waals surface area contributed by atoms with Crippen LogP contribution in [0.5, 0.6) is 0 Å². The Morgan fingerprint density at radius 2 is 1.55 bits per heavy atom. The summed E-state index contributed by atoms with van der Waals surface area (Å²) < 4.78 is 148. The molecular weight excluding hydrogens is 504 g/mol. The van der Waals surface area contributed by atoms with E-state index in [4.69, 9.17) is 4.55 Å². The van der Waals surface area contributed by atoms with Crippen molar-refractivity contribution in [3.8, 4) is 0 Å².